The lowest BCUT2D eigenvalue weighted by molar-refractivity contribution is -0.116. The number of rotatable bonds is 8. The van der Waals surface area contributed by atoms with Crippen molar-refractivity contribution in [2.45, 2.75) is 51.9 Å². The van der Waals surface area contributed by atoms with E-state index in [-0.39, 0.29) is 24.5 Å². The molecule has 0 saturated carbocycles. The van der Waals surface area contributed by atoms with Crippen LogP contribution in [-0.2, 0) is 18.3 Å². The van der Waals surface area contributed by atoms with E-state index in [1.807, 2.05) is 24.3 Å². The highest BCUT2D eigenvalue weighted by Gasteiger charge is 2.21. The Labute approximate surface area is 172 Å². The number of ketones is 1. The number of piperidine rings is 1. The summed E-state index contributed by atoms with van der Waals surface area (Å²) in [4.78, 5) is 29.2. The van der Waals surface area contributed by atoms with Crippen molar-refractivity contribution >= 4 is 17.6 Å². The molecule has 0 atom stereocenters. The monoisotopic (exact) mass is 397 g/mol. The molecule has 3 rings (SSSR count). The van der Waals surface area contributed by atoms with E-state index < -0.39 is 0 Å². The molecule has 156 valence electrons. The minimum Gasteiger partial charge on any atom is -0.317 e. The number of Topliss-reactive ketones (excluding diaryl/α,β-unsaturated/α-hetero) is 1. The second-order valence-corrected chi connectivity index (χ2v) is 8.21. The molecular formula is C22H31N5O2. The van der Waals surface area contributed by atoms with Crippen molar-refractivity contribution in [2.75, 3.05) is 18.4 Å². The highest BCUT2D eigenvalue weighted by molar-refractivity contribution is 5.99. The first-order chi connectivity index (χ1) is 13.9. The van der Waals surface area contributed by atoms with E-state index >= 15 is 0 Å². The molecule has 7 nitrogen and oxygen atoms in total. The Hall–Kier alpha value is -2.54. The van der Waals surface area contributed by atoms with Gasteiger partial charge in [-0.3, -0.25) is 14.9 Å². The Morgan fingerprint density at radius 1 is 1.17 bits per heavy atom. The molecule has 1 aliphatic heterocycles. The predicted molar refractivity (Wildman–Crippen MR) is 113 cm³/mol. The molecule has 1 amide bonds. The number of carbonyl (C=O) groups excluding carboxylic acids is 2. The van der Waals surface area contributed by atoms with Crippen molar-refractivity contribution in [2.24, 2.45) is 13.0 Å². The number of carbonyl (C=O) groups is 2. The number of anilines is 1. The van der Waals surface area contributed by atoms with Gasteiger partial charge >= 0.3 is 0 Å². The van der Waals surface area contributed by atoms with Gasteiger partial charge in [-0.1, -0.05) is 38.1 Å². The van der Waals surface area contributed by atoms with Gasteiger partial charge in [-0.25, -0.2) is 4.68 Å². The fourth-order valence-electron chi connectivity index (χ4n) is 3.62. The van der Waals surface area contributed by atoms with Crippen molar-refractivity contribution < 1.29 is 9.59 Å². The van der Waals surface area contributed by atoms with Gasteiger partial charge in [0, 0.05) is 31.4 Å². The molecule has 1 aromatic carbocycles. The van der Waals surface area contributed by atoms with E-state index in [9.17, 15) is 9.59 Å². The van der Waals surface area contributed by atoms with Crippen molar-refractivity contribution in [3.63, 3.8) is 0 Å². The van der Waals surface area contributed by atoms with Gasteiger partial charge in [0.05, 0.1) is 0 Å². The molecule has 1 aromatic heterocycles. The molecule has 0 unspecified atom stereocenters. The lowest BCUT2D eigenvalue weighted by Crippen LogP contribution is -2.27. The smallest absolute Gasteiger partial charge is 0.227 e. The van der Waals surface area contributed by atoms with Crippen molar-refractivity contribution in [3.05, 3.63) is 41.2 Å². The number of nitrogens with zero attached hydrogens (tertiary/aromatic N) is 3. The molecule has 0 aliphatic carbocycles. The number of aromatic nitrogens is 3. The Morgan fingerprint density at radius 2 is 1.86 bits per heavy atom. The number of hydrogen-bond donors (Lipinski definition) is 2. The molecular weight excluding hydrogens is 366 g/mol. The molecule has 2 N–H and O–H groups in total. The van der Waals surface area contributed by atoms with Crippen molar-refractivity contribution in [1.29, 1.82) is 0 Å². The zero-order valence-corrected chi connectivity index (χ0v) is 17.6. The summed E-state index contributed by atoms with van der Waals surface area (Å²) in [6, 6.07) is 7.70. The Morgan fingerprint density at radius 3 is 2.52 bits per heavy atom. The van der Waals surface area contributed by atoms with Crippen molar-refractivity contribution in [3.8, 4) is 0 Å². The standard InChI is InChI=1S/C22H31N5O2/c1-15(2)14-16-4-6-17(7-5-16)19(28)8-9-20(29)24-22-25-21(26-27(22)3)18-10-12-23-13-11-18/h4-7,15,18,23H,8-14H2,1-3H3,(H,24,25,26,29). The van der Waals surface area contributed by atoms with E-state index in [4.69, 9.17) is 0 Å². The molecule has 2 aromatic rings. The summed E-state index contributed by atoms with van der Waals surface area (Å²) in [6.07, 6.45) is 3.30. The average Bonchev–Trinajstić information content (AvgIpc) is 3.07. The summed E-state index contributed by atoms with van der Waals surface area (Å²) in [5.74, 6) is 1.88. The maximum atomic E-state index is 12.4. The maximum absolute atomic E-state index is 12.4. The van der Waals surface area contributed by atoms with Crippen LogP contribution in [0, 0.1) is 5.92 Å². The van der Waals surface area contributed by atoms with Gasteiger partial charge in [0.15, 0.2) is 11.6 Å². The molecule has 0 bridgehead atoms. The van der Waals surface area contributed by atoms with Gasteiger partial charge < -0.3 is 5.32 Å². The fourth-order valence-corrected chi connectivity index (χ4v) is 3.62. The van der Waals surface area contributed by atoms with Crippen LogP contribution in [0.3, 0.4) is 0 Å². The van der Waals surface area contributed by atoms with E-state index in [1.54, 1.807) is 11.7 Å². The van der Waals surface area contributed by atoms with Gasteiger partial charge in [0.2, 0.25) is 11.9 Å². The van der Waals surface area contributed by atoms with Gasteiger partial charge in [-0.15, -0.1) is 0 Å². The van der Waals surface area contributed by atoms with Crippen LogP contribution in [-0.4, -0.2) is 39.5 Å². The predicted octanol–water partition coefficient (Wildman–Crippen LogP) is 3.08. The third-order valence-corrected chi connectivity index (χ3v) is 5.23. The number of hydrogen-bond acceptors (Lipinski definition) is 5. The average molecular weight is 398 g/mol. The highest BCUT2D eigenvalue weighted by Crippen LogP contribution is 2.23. The number of amides is 1. The lowest BCUT2D eigenvalue weighted by atomic mass is 9.98. The van der Waals surface area contributed by atoms with Gasteiger partial charge in [-0.2, -0.15) is 10.1 Å². The van der Waals surface area contributed by atoms with E-state index in [1.165, 1.54) is 5.56 Å². The van der Waals surface area contributed by atoms with Crippen LogP contribution in [0.1, 0.15) is 67.2 Å². The van der Waals surface area contributed by atoms with E-state index in [0.717, 1.165) is 38.2 Å². The summed E-state index contributed by atoms with van der Waals surface area (Å²) in [7, 11) is 1.77. The van der Waals surface area contributed by atoms with Crippen LogP contribution in [0.2, 0.25) is 0 Å². The minimum absolute atomic E-state index is 0.0235. The summed E-state index contributed by atoms with van der Waals surface area (Å²) in [5, 5.41) is 10.6. The van der Waals surface area contributed by atoms with Crippen LogP contribution in [0.15, 0.2) is 24.3 Å². The summed E-state index contributed by atoms with van der Waals surface area (Å²) >= 11 is 0. The Kier molecular flexibility index (Phi) is 7.14. The second kappa shape index (κ2) is 9.78. The minimum atomic E-state index is -0.220. The normalized spacial score (nSPS) is 14.9. The van der Waals surface area contributed by atoms with Gasteiger partial charge in [-0.05, 0) is 43.8 Å². The van der Waals surface area contributed by atoms with Gasteiger partial charge in [0.1, 0.15) is 0 Å². The number of benzene rings is 1. The fraction of sp³-hybridized carbons (Fsp3) is 0.545. The molecule has 7 heteroatoms. The number of aryl methyl sites for hydroxylation is 1. The first-order valence-electron chi connectivity index (χ1n) is 10.5. The van der Waals surface area contributed by atoms with Crippen LogP contribution in [0.25, 0.3) is 0 Å². The first kappa shape index (κ1) is 21.2. The van der Waals surface area contributed by atoms with E-state index in [0.29, 0.717) is 23.3 Å². The van der Waals surface area contributed by atoms with Crippen LogP contribution >= 0.6 is 0 Å². The zero-order valence-electron chi connectivity index (χ0n) is 17.6. The second-order valence-electron chi connectivity index (χ2n) is 8.21. The SMILES string of the molecule is CC(C)Cc1ccc(C(=O)CCC(=O)Nc2nc(C3CCNCC3)nn2C)cc1. The molecule has 0 spiro atoms. The number of nitrogens with one attached hydrogen (secondary N) is 2. The Bertz CT molecular complexity index is 835. The third kappa shape index (κ3) is 5.97. The zero-order chi connectivity index (χ0) is 20.8. The van der Waals surface area contributed by atoms with Crippen LogP contribution in [0.5, 0.6) is 0 Å². The molecule has 0 radical (unpaired) electrons. The van der Waals surface area contributed by atoms with Crippen LogP contribution in [0.4, 0.5) is 5.95 Å². The largest absolute Gasteiger partial charge is 0.317 e. The van der Waals surface area contributed by atoms with Crippen LogP contribution < -0.4 is 10.6 Å². The molecule has 1 aliphatic rings. The topological polar surface area (TPSA) is 88.9 Å². The highest BCUT2D eigenvalue weighted by atomic mass is 16.2. The lowest BCUT2D eigenvalue weighted by Gasteiger charge is -2.19. The molecule has 2 heterocycles. The maximum Gasteiger partial charge on any atom is 0.227 e. The molecule has 29 heavy (non-hydrogen) atoms. The summed E-state index contributed by atoms with van der Waals surface area (Å²) in [5.41, 5.74) is 1.87. The third-order valence-electron chi connectivity index (χ3n) is 5.23. The quantitative estimate of drug-likeness (QED) is 0.668. The summed E-state index contributed by atoms with van der Waals surface area (Å²) in [6.45, 7) is 6.27. The summed E-state index contributed by atoms with van der Waals surface area (Å²) < 4.78 is 1.60. The molecule has 1 saturated heterocycles. The van der Waals surface area contributed by atoms with Crippen molar-refractivity contribution in [1.82, 2.24) is 20.1 Å². The first-order valence-corrected chi connectivity index (χ1v) is 10.5. The van der Waals surface area contributed by atoms with E-state index in [2.05, 4.69) is 34.6 Å². The Balaban J connectivity index is 1.50. The van der Waals surface area contributed by atoms with Gasteiger partial charge in [0.25, 0.3) is 0 Å². The molecule has 1 fully saturated rings.